The van der Waals surface area contributed by atoms with Crippen LogP contribution >= 0.6 is 0 Å². The quantitative estimate of drug-likeness (QED) is 0.757. The molecule has 0 unspecified atom stereocenters. The van der Waals surface area contributed by atoms with Crippen molar-refractivity contribution in [1.82, 2.24) is 10.2 Å². The summed E-state index contributed by atoms with van der Waals surface area (Å²) in [4.78, 5) is 12.1. The molecule has 1 aromatic carbocycles. The molecule has 0 aliphatic heterocycles. The molecule has 5 nitrogen and oxygen atoms in total. The number of hydrogen-bond acceptors (Lipinski definition) is 3. The van der Waals surface area contributed by atoms with Gasteiger partial charge in [0.1, 0.15) is 0 Å². The maximum Gasteiger partial charge on any atom is 0.256 e. The fourth-order valence-electron chi connectivity index (χ4n) is 1.82. The molecular formula is C13H16N4O. The van der Waals surface area contributed by atoms with Crippen LogP contribution < -0.4 is 11.1 Å². The summed E-state index contributed by atoms with van der Waals surface area (Å²) in [7, 11) is 0. The summed E-state index contributed by atoms with van der Waals surface area (Å²) in [5.74, 6) is 0.164. The van der Waals surface area contributed by atoms with Crippen LogP contribution in [0.5, 0.6) is 0 Å². The number of nitrogen functional groups attached to an aromatic ring is 1. The molecule has 0 atom stereocenters. The van der Waals surface area contributed by atoms with E-state index in [2.05, 4.69) is 15.5 Å². The Hall–Kier alpha value is -2.30. The van der Waals surface area contributed by atoms with Gasteiger partial charge in [-0.25, -0.2) is 0 Å². The van der Waals surface area contributed by atoms with E-state index in [1.165, 1.54) is 0 Å². The van der Waals surface area contributed by atoms with Crippen molar-refractivity contribution in [3.8, 4) is 0 Å². The molecule has 0 saturated heterocycles. The molecule has 0 saturated carbocycles. The van der Waals surface area contributed by atoms with E-state index in [9.17, 15) is 4.79 Å². The highest BCUT2D eigenvalue weighted by Crippen LogP contribution is 2.19. The highest BCUT2D eigenvalue weighted by Gasteiger charge is 2.12. The van der Waals surface area contributed by atoms with Crippen molar-refractivity contribution in [2.75, 3.05) is 11.1 Å². The average molecular weight is 244 g/mol. The highest BCUT2D eigenvalue weighted by atomic mass is 16.1. The van der Waals surface area contributed by atoms with Crippen LogP contribution in [0.3, 0.4) is 0 Å². The molecule has 0 radical (unpaired) electrons. The molecule has 2 rings (SSSR count). The van der Waals surface area contributed by atoms with Crippen molar-refractivity contribution in [2.24, 2.45) is 0 Å². The molecule has 0 aliphatic rings. The molecule has 5 heteroatoms. The number of aromatic amines is 1. The van der Waals surface area contributed by atoms with Crippen LogP contribution in [0.25, 0.3) is 0 Å². The molecular weight excluding hydrogens is 228 g/mol. The van der Waals surface area contributed by atoms with E-state index in [0.717, 1.165) is 16.8 Å². The first kappa shape index (κ1) is 12.2. The van der Waals surface area contributed by atoms with Crippen molar-refractivity contribution >= 4 is 17.4 Å². The van der Waals surface area contributed by atoms with Gasteiger partial charge in [0.2, 0.25) is 0 Å². The Bertz CT molecular complexity index is 581. The minimum absolute atomic E-state index is 0.208. The van der Waals surface area contributed by atoms with Crippen molar-refractivity contribution in [3.05, 3.63) is 40.6 Å². The molecule has 1 amide bonds. The minimum Gasteiger partial charge on any atom is -0.394 e. The number of H-pyrrole nitrogens is 1. The van der Waals surface area contributed by atoms with Gasteiger partial charge in [-0.05, 0) is 32.9 Å². The van der Waals surface area contributed by atoms with Crippen LogP contribution in [0.1, 0.15) is 27.2 Å². The number of nitrogens with zero attached hydrogens (tertiary/aromatic N) is 1. The Labute approximate surface area is 105 Å². The van der Waals surface area contributed by atoms with Crippen LogP contribution in [0.2, 0.25) is 0 Å². The monoisotopic (exact) mass is 244 g/mol. The van der Waals surface area contributed by atoms with Gasteiger partial charge in [0, 0.05) is 5.56 Å². The van der Waals surface area contributed by atoms with Crippen molar-refractivity contribution in [3.63, 3.8) is 0 Å². The normalized spacial score (nSPS) is 10.4. The standard InChI is InChI=1S/C13H16N4O/c1-7-4-8(2)6-10(5-7)13(18)15-12-11(14)9(3)16-17-12/h4-6H,14H2,1-3H3,(H2,15,16,17,18). The van der Waals surface area contributed by atoms with Crippen LogP contribution in [0.4, 0.5) is 11.5 Å². The number of amides is 1. The molecule has 0 bridgehead atoms. The second-order valence-corrected chi connectivity index (χ2v) is 4.44. The third kappa shape index (κ3) is 2.34. The number of nitrogens with two attached hydrogens (primary N) is 1. The summed E-state index contributed by atoms with van der Waals surface area (Å²) < 4.78 is 0. The predicted molar refractivity (Wildman–Crippen MR) is 71.6 cm³/mol. The zero-order chi connectivity index (χ0) is 13.3. The van der Waals surface area contributed by atoms with Gasteiger partial charge in [0.05, 0.1) is 11.4 Å². The number of rotatable bonds is 2. The lowest BCUT2D eigenvalue weighted by atomic mass is 10.1. The Kier molecular flexibility index (Phi) is 3.06. The number of aryl methyl sites for hydroxylation is 3. The van der Waals surface area contributed by atoms with E-state index in [4.69, 9.17) is 5.73 Å². The van der Waals surface area contributed by atoms with E-state index in [1.54, 1.807) is 6.92 Å². The summed E-state index contributed by atoms with van der Waals surface area (Å²) in [6.07, 6.45) is 0. The van der Waals surface area contributed by atoms with Gasteiger partial charge in [-0.2, -0.15) is 5.10 Å². The molecule has 0 aliphatic carbocycles. The number of nitrogens with one attached hydrogen (secondary N) is 2. The third-order valence-corrected chi connectivity index (χ3v) is 2.71. The zero-order valence-corrected chi connectivity index (χ0v) is 10.7. The Morgan fingerprint density at radius 2 is 1.83 bits per heavy atom. The van der Waals surface area contributed by atoms with Gasteiger partial charge < -0.3 is 11.1 Å². The smallest absolute Gasteiger partial charge is 0.256 e. The number of carbonyl (C=O) groups is 1. The van der Waals surface area contributed by atoms with Crippen molar-refractivity contribution in [2.45, 2.75) is 20.8 Å². The Morgan fingerprint density at radius 1 is 1.22 bits per heavy atom. The van der Waals surface area contributed by atoms with E-state index in [-0.39, 0.29) is 5.91 Å². The second-order valence-electron chi connectivity index (χ2n) is 4.44. The van der Waals surface area contributed by atoms with Crippen LogP contribution in [0, 0.1) is 20.8 Å². The van der Waals surface area contributed by atoms with Crippen LogP contribution in [0.15, 0.2) is 18.2 Å². The van der Waals surface area contributed by atoms with Gasteiger partial charge >= 0.3 is 0 Å². The summed E-state index contributed by atoms with van der Waals surface area (Å²) >= 11 is 0. The number of carbonyl (C=O) groups excluding carboxylic acids is 1. The lowest BCUT2D eigenvalue weighted by Gasteiger charge is -2.05. The highest BCUT2D eigenvalue weighted by molar-refractivity contribution is 6.05. The first-order chi connectivity index (χ1) is 8.47. The maximum atomic E-state index is 12.1. The first-order valence-corrected chi connectivity index (χ1v) is 5.67. The first-order valence-electron chi connectivity index (χ1n) is 5.67. The molecule has 4 N–H and O–H groups in total. The summed E-state index contributed by atoms with van der Waals surface area (Å²) in [6, 6.07) is 5.68. The summed E-state index contributed by atoms with van der Waals surface area (Å²) in [5.41, 5.74) is 9.69. The lowest BCUT2D eigenvalue weighted by Crippen LogP contribution is -2.13. The molecule has 0 spiro atoms. The largest absolute Gasteiger partial charge is 0.394 e. The SMILES string of the molecule is Cc1cc(C)cc(C(=O)Nc2n[nH]c(C)c2N)c1. The van der Waals surface area contributed by atoms with E-state index >= 15 is 0 Å². The molecule has 18 heavy (non-hydrogen) atoms. The number of anilines is 2. The minimum atomic E-state index is -0.208. The molecule has 1 heterocycles. The van der Waals surface area contributed by atoms with Gasteiger partial charge in [0.15, 0.2) is 5.82 Å². The topological polar surface area (TPSA) is 83.8 Å². The van der Waals surface area contributed by atoms with Gasteiger partial charge in [-0.1, -0.05) is 17.2 Å². The zero-order valence-electron chi connectivity index (χ0n) is 10.7. The number of benzene rings is 1. The van der Waals surface area contributed by atoms with Gasteiger partial charge in [-0.15, -0.1) is 0 Å². The van der Waals surface area contributed by atoms with E-state index in [1.807, 2.05) is 32.0 Å². The summed E-state index contributed by atoms with van der Waals surface area (Å²) in [6.45, 7) is 5.71. The van der Waals surface area contributed by atoms with E-state index < -0.39 is 0 Å². The second kappa shape index (κ2) is 4.52. The molecule has 2 aromatic rings. The molecule has 0 fully saturated rings. The number of hydrogen-bond donors (Lipinski definition) is 3. The van der Waals surface area contributed by atoms with E-state index in [0.29, 0.717) is 17.1 Å². The molecule has 1 aromatic heterocycles. The van der Waals surface area contributed by atoms with Crippen molar-refractivity contribution < 1.29 is 4.79 Å². The third-order valence-electron chi connectivity index (χ3n) is 2.71. The van der Waals surface area contributed by atoms with Gasteiger partial charge in [0.25, 0.3) is 5.91 Å². The average Bonchev–Trinajstić information content (AvgIpc) is 2.59. The van der Waals surface area contributed by atoms with Gasteiger partial charge in [-0.3, -0.25) is 9.89 Å². The van der Waals surface area contributed by atoms with Crippen LogP contribution in [-0.2, 0) is 0 Å². The maximum absolute atomic E-state index is 12.1. The van der Waals surface area contributed by atoms with Crippen molar-refractivity contribution in [1.29, 1.82) is 0 Å². The fourth-order valence-corrected chi connectivity index (χ4v) is 1.82. The Balaban J connectivity index is 2.24. The van der Waals surface area contributed by atoms with Crippen LogP contribution in [-0.4, -0.2) is 16.1 Å². The predicted octanol–water partition coefficient (Wildman–Crippen LogP) is 2.17. The number of aromatic nitrogens is 2. The molecule has 94 valence electrons. The Morgan fingerprint density at radius 3 is 2.33 bits per heavy atom. The summed E-state index contributed by atoms with van der Waals surface area (Å²) in [5, 5.41) is 9.37. The lowest BCUT2D eigenvalue weighted by molar-refractivity contribution is 0.102. The fraction of sp³-hybridized carbons (Fsp3) is 0.231.